The molecule has 1 amide bonds. The maximum atomic E-state index is 12.3. The van der Waals surface area contributed by atoms with Crippen molar-refractivity contribution in [3.05, 3.63) is 48.3 Å². The molecule has 1 aromatic carbocycles. The highest BCUT2D eigenvalue weighted by atomic mass is 16.5. The first kappa shape index (κ1) is 15.6. The summed E-state index contributed by atoms with van der Waals surface area (Å²) in [5.41, 5.74) is 4.04. The molecule has 5 nitrogen and oxygen atoms in total. The highest BCUT2D eigenvalue weighted by molar-refractivity contribution is 5.92. The molecule has 0 bridgehead atoms. The second-order valence-electron chi connectivity index (χ2n) is 5.74. The zero-order valence-electron chi connectivity index (χ0n) is 13.2. The fourth-order valence-corrected chi connectivity index (χ4v) is 2.66. The van der Waals surface area contributed by atoms with Crippen LogP contribution in [0.2, 0.25) is 0 Å². The minimum Gasteiger partial charge on any atom is -0.378 e. The minimum absolute atomic E-state index is 0.00276. The number of carbonyl (C=O) groups is 1. The van der Waals surface area contributed by atoms with Crippen LogP contribution in [0.25, 0.3) is 11.1 Å². The Hall–Kier alpha value is -2.24. The van der Waals surface area contributed by atoms with Crippen molar-refractivity contribution >= 4 is 11.6 Å². The molecule has 23 heavy (non-hydrogen) atoms. The summed E-state index contributed by atoms with van der Waals surface area (Å²) < 4.78 is 5.39. The van der Waals surface area contributed by atoms with Gasteiger partial charge in [-0.2, -0.15) is 0 Å². The quantitative estimate of drug-likeness (QED) is 0.910. The van der Waals surface area contributed by atoms with Crippen molar-refractivity contribution in [2.24, 2.45) is 0 Å². The van der Waals surface area contributed by atoms with Crippen molar-refractivity contribution in [2.45, 2.75) is 19.4 Å². The monoisotopic (exact) mass is 311 g/mol. The maximum Gasteiger partial charge on any atom is 0.226 e. The molecule has 1 fully saturated rings. The second kappa shape index (κ2) is 7.35. The lowest BCUT2D eigenvalue weighted by atomic mass is 10.0. The molecule has 120 valence electrons. The van der Waals surface area contributed by atoms with Crippen LogP contribution in [-0.2, 0) is 9.53 Å². The van der Waals surface area contributed by atoms with Crippen molar-refractivity contribution < 1.29 is 9.53 Å². The lowest BCUT2D eigenvalue weighted by molar-refractivity contribution is -0.117. The van der Waals surface area contributed by atoms with Gasteiger partial charge in [0.05, 0.1) is 13.2 Å². The summed E-state index contributed by atoms with van der Waals surface area (Å²) >= 11 is 0. The molecule has 3 rings (SSSR count). The molecule has 1 aliphatic rings. The largest absolute Gasteiger partial charge is 0.378 e. The van der Waals surface area contributed by atoms with Crippen molar-refractivity contribution in [1.29, 1.82) is 0 Å². The number of amides is 1. The Morgan fingerprint density at radius 1 is 1.30 bits per heavy atom. The molecule has 2 aromatic rings. The van der Waals surface area contributed by atoms with Gasteiger partial charge >= 0.3 is 0 Å². The second-order valence-corrected chi connectivity index (χ2v) is 5.74. The number of hydrogen-bond acceptors (Lipinski definition) is 4. The number of hydrogen-bond donors (Lipinski definition) is 2. The van der Waals surface area contributed by atoms with Crippen LogP contribution in [0.5, 0.6) is 0 Å². The van der Waals surface area contributed by atoms with Crippen molar-refractivity contribution in [2.75, 3.05) is 25.1 Å². The first-order valence-electron chi connectivity index (χ1n) is 7.84. The summed E-state index contributed by atoms with van der Waals surface area (Å²) in [6, 6.07) is 10.1. The Labute approximate surface area is 136 Å². The first-order chi connectivity index (χ1) is 11.2. The van der Waals surface area contributed by atoms with Gasteiger partial charge in [0.25, 0.3) is 0 Å². The predicted molar refractivity (Wildman–Crippen MR) is 90.3 cm³/mol. The van der Waals surface area contributed by atoms with Gasteiger partial charge in [-0.05, 0) is 41.8 Å². The van der Waals surface area contributed by atoms with Crippen LogP contribution in [0.1, 0.15) is 12.0 Å². The van der Waals surface area contributed by atoms with Gasteiger partial charge in [0.15, 0.2) is 0 Å². The minimum atomic E-state index is 0.00276. The van der Waals surface area contributed by atoms with Gasteiger partial charge in [0, 0.05) is 37.1 Å². The number of carbonyl (C=O) groups excluding carboxylic acids is 1. The molecule has 1 atom stereocenters. The van der Waals surface area contributed by atoms with Gasteiger partial charge in [-0.1, -0.05) is 12.1 Å². The van der Waals surface area contributed by atoms with E-state index in [1.165, 1.54) is 0 Å². The number of nitrogens with one attached hydrogen (secondary N) is 2. The smallest absolute Gasteiger partial charge is 0.226 e. The number of anilines is 1. The number of aryl methyl sites for hydroxylation is 1. The van der Waals surface area contributed by atoms with Crippen LogP contribution < -0.4 is 10.6 Å². The molecule has 0 radical (unpaired) electrons. The van der Waals surface area contributed by atoms with Crippen LogP contribution in [0.4, 0.5) is 5.69 Å². The highest BCUT2D eigenvalue weighted by Crippen LogP contribution is 2.25. The van der Waals surface area contributed by atoms with E-state index in [4.69, 9.17) is 4.74 Å². The number of pyridine rings is 1. The number of nitrogens with zero attached hydrogens (tertiary/aromatic N) is 1. The van der Waals surface area contributed by atoms with Crippen molar-refractivity contribution in [3.63, 3.8) is 0 Å². The van der Waals surface area contributed by atoms with E-state index in [0.29, 0.717) is 19.6 Å². The van der Waals surface area contributed by atoms with Gasteiger partial charge in [0.2, 0.25) is 5.91 Å². The lowest BCUT2D eigenvalue weighted by Gasteiger charge is -2.23. The number of aromatic nitrogens is 1. The molecular formula is C18H21N3O2. The normalized spacial score (nSPS) is 17.7. The standard InChI is InChI=1S/C18H21N3O2/c1-13-2-3-15(14-4-6-19-7-5-14)10-17(13)21-18(22)11-16-12-23-9-8-20-16/h2-7,10,16,20H,8-9,11-12H2,1H3,(H,21,22). The molecule has 1 aromatic heterocycles. The third kappa shape index (κ3) is 4.15. The number of morpholine rings is 1. The zero-order chi connectivity index (χ0) is 16.1. The number of benzene rings is 1. The van der Waals surface area contributed by atoms with E-state index in [-0.39, 0.29) is 11.9 Å². The van der Waals surface area contributed by atoms with Gasteiger partial charge in [-0.25, -0.2) is 0 Å². The number of rotatable bonds is 4. The Kier molecular flexibility index (Phi) is 5.00. The summed E-state index contributed by atoms with van der Waals surface area (Å²) in [6.07, 6.45) is 3.95. The summed E-state index contributed by atoms with van der Waals surface area (Å²) in [4.78, 5) is 16.3. The van der Waals surface area contributed by atoms with E-state index >= 15 is 0 Å². The molecule has 0 spiro atoms. The number of ether oxygens (including phenoxy) is 1. The average Bonchev–Trinajstić information content (AvgIpc) is 2.58. The Morgan fingerprint density at radius 2 is 2.13 bits per heavy atom. The first-order valence-corrected chi connectivity index (χ1v) is 7.84. The van der Waals surface area contributed by atoms with Crippen LogP contribution in [0.3, 0.4) is 0 Å². The van der Waals surface area contributed by atoms with Crippen LogP contribution in [0, 0.1) is 6.92 Å². The molecule has 1 aliphatic heterocycles. The molecular weight excluding hydrogens is 290 g/mol. The Morgan fingerprint density at radius 3 is 2.87 bits per heavy atom. The van der Waals surface area contributed by atoms with Gasteiger partial charge < -0.3 is 15.4 Å². The van der Waals surface area contributed by atoms with Gasteiger partial charge in [-0.15, -0.1) is 0 Å². The summed E-state index contributed by atoms with van der Waals surface area (Å²) in [6.45, 7) is 4.09. The third-order valence-corrected chi connectivity index (χ3v) is 3.96. The van der Waals surface area contributed by atoms with Gasteiger partial charge in [0.1, 0.15) is 0 Å². The molecule has 0 aliphatic carbocycles. The fraction of sp³-hybridized carbons (Fsp3) is 0.333. The van der Waals surface area contributed by atoms with E-state index in [9.17, 15) is 4.79 Å². The SMILES string of the molecule is Cc1ccc(-c2ccncc2)cc1NC(=O)CC1COCCN1. The van der Waals surface area contributed by atoms with Gasteiger partial charge in [-0.3, -0.25) is 9.78 Å². The molecule has 2 heterocycles. The van der Waals surface area contributed by atoms with Crippen LogP contribution in [-0.4, -0.2) is 36.7 Å². The molecule has 1 unspecified atom stereocenters. The lowest BCUT2D eigenvalue weighted by Crippen LogP contribution is -2.43. The topological polar surface area (TPSA) is 63.2 Å². The third-order valence-electron chi connectivity index (χ3n) is 3.96. The summed E-state index contributed by atoms with van der Waals surface area (Å²) in [7, 11) is 0. The van der Waals surface area contributed by atoms with E-state index in [1.54, 1.807) is 12.4 Å². The summed E-state index contributed by atoms with van der Waals surface area (Å²) in [5, 5.41) is 6.31. The summed E-state index contributed by atoms with van der Waals surface area (Å²) in [5.74, 6) is 0.00276. The van der Waals surface area contributed by atoms with E-state index in [2.05, 4.69) is 21.7 Å². The predicted octanol–water partition coefficient (Wildman–Crippen LogP) is 2.37. The molecule has 1 saturated heterocycles. The Balaban J connectivity index is 1.70. The average molecular weight is 311 g/mol. The fourth-order valence-electron chi connectivity index (χ4n) is 2.66. The van der Waals surface area contributed by atoms with Crippen LogP contribution in [0.15, 0.2) is 42.7 Å². The maximum absolute atomic E-state index is 12.3. The van der Waals surface area contributed by atoms with Crippen LogP contribution >= 0.6 is 0 Å². The van der Waals surface area contributed by atoms with E-state index < -0.39 is 0 Å². The van der Waals surface area contributed by atoms with Crippen molar-refractivity contribution in [1.82, 2.24) is 10.3 Å². The molecule has 2 N–H and O–H groups in total. The molecule has 5 heteroatoms. The highest BCUT2D eigenvalue weighted by Gasteiger charge is 2.17. The zero-order valence-corrected chi connectivity index (χ0v) is 13.2. The Bertz CT molecular complexity index is 667. The van der Waals surface area contributed by atoms with E-state index in [1.807, 2.05) is 31.2 Å². The van der Waals surface area contributed by atoms with E-state index in [0.717, 1.165) is 28.9 Å². The molecule has 0 saturated carbocycles. The van der Waals surface area contributed by atoms with Crippen molar-refractivity contribution in [3.8, 4) is 11.1 Å².